The van der Waals surface area contributed by atoms with Crippen molar-refractivity contribution in [2.24, 2.45) is 0 Å². The maximum Gasteiger partial charge on any atom is 0.418 e. The van der Waals surface area contributed by atoms with E-state index in [1.54, 1.807) is 6.92 Å². The van der Waals surface area contributed by atoms with Gasteiger partial charge in [-0.2, -0.15) is 23.3 Å². The van der Waals surface area contributed by atoms with E-state index >= 15 is 0 Å². The van der Waals surface area contributed by atoms with E-state index in [-0.39, 0.29) is 24.2 Å². The Hall–Kier alpha value is -3.24. The quantitative estimate of drug-likeness (QED) is 0.234. The summed E-state index contributed by atoms with van der Waals surface area (Å²) in [5.74, 6) is -0.443. The van der Waals surface area contributed by atoms with Crippen molar-refractivity contribution >= 4 is 34.4 Å². The van der Waals surface area contributed by atoms with Gasteiger partial charge in [0.1, 0.15) is 11.9 Å². The second-order valence-corrected chi connectivity index (χ2v) is 7.16. The molecule has 2 atom stereocenters. The molecule has 2 aliphatic rings. The Morgan fingerprint density at radius 2 is 2.14 bits per heavy atom. The number of nitrogens with zero attached hydrogens (tertiary/aromatic N) is 4. The summed E-state index contributed by atoms with van der Waals surface area (Å²) in [6.45, 7) is 1.91. The third-order valence-electron chi connectivity index (χ3n) is 4.28. The van der Waals surface area contributed by atoms with E-state index in [0.717, 1.165) is 9.58 Å². The molecule has 3 rings (SSSR count). The summed E-state index contributed by atoms with van der Waals surface area (Å²) < 4.78 is 36.6. The fourth-order valence-electron chi connectivity index (χ4n) is 3.25. The highest BCUT2D eigenvalue weighted by Crippen LogP contribution is 2.44. The van der Waals surface area contributed by atoms with Crippen molar-refractivity contribution in [2.45, 2.75) is 25.4 Å². The SMILES string of the molecule is CCNC(=O)n1cc2c(n1)C(CC(=N)NC(=O)O)N1CC2N(OS(=O)(=O)O)C1=O. The second kappa shape index (κ2) is 7.30. The van der Waals surface area contributed by atoms with Crippen molar-refractivity contribution in [3.05, 3.63) is 17.5 Å². The van der Waals surface area contributed by atoms with Gasteiger partial charge in [-0.25, -0.2) is 14.4 Å². The number of nitrogens with one attached hydrogen (secondary N) is 3. The number of carboxylic acid groups (broad SMARTS) is 1. The first kappa shape index (κ1) is 20.5. The van der Waals surface area contributed by atoms with Gasteiger partial charge in [0, 0.05) is 24.7 Å². The fraction of sp³-hybridized carbons (Fsp3) is 0.462. The lowest BCUT2D eigenvalue weighted by atomic mass is 9.96. The lowest BCUT2D eigenvalue weighted by Gasteiger charge is -2.29. The van der Waals surface area contributed by atoms with Crippen LogP contribution in [-0.2, 0) is 14.7 Å². The van der Waals surface area contributed by atoms with Gasteiger partial charge >= 0.3 is 28.6 Å². The number of hydroxylamine groups is 2. The largest absolute Gasteiger partial charge is 0.465 e. The molecule has 5 N–H and O–H groups in total. The number of hydrogen-bond acceptors (Lipinski definition) is 8. The molecular formula is C13H17N7O8S. The maximum atomic E-state index is 12.6. The van der Waals surface area contributed by atoms with Crippen molar-refractivity contribution in [1.82, 2.24) is 30.4 Å². The van der Waals surface area contributed by atoms with Gasteiger partial charge in [0.15, 0.2) is 0 Å². The highest BCUT2D eigenvalue weighted by Gasteiger charge is 2.52. The Morgan fingerprint density at radius 3 is 2.72 bits per heavy atom. The zero-order valence-corrected chi connectivity index (χ0v) is 15.7. The van der Waals surface area contributed by atoms with Gasteiger partial charge in [0.2, 0.25) is 0 Å². The first-order chi connectivity index (χ1) is 13.5. The van der Waals surface area contributed by atoms with E-state index in [9.17, 15) is 22.8 Å². The predicted octanol–water partition coefficient (Wildman–Crippen LogP) is -0.337. The highest BCUT2D eigenvalue weighted by atomic mass is 32.3. The average Bonchev–Trinajstić information content (AvgIpc) is 3.13. The Labute approximate surface area is 163 Å². The van der Waals surface area contributed by atoms with Crippen LogP contribution >= 0.6 is 0 Å². The van der Waals surface area contributed by atoms with Crippen molar-refractivity contribution in [2.75, 3.05) is 13.1 Å². The summed E-state index contributed by atoms with van der Waals surface area (Å²) in [6, 6.07) is -3.48. The molecule has 2 aliphatic heterocycles. The monoisotopic (exact) mass is 431 g/mol. The third kappa shape index (κ3) is 3.98. The molecule has 0 aromatic carbocycles. The van der Waals surface area contributed by atoms with Crippen LogP contribution in [0.3, 0.4) is 0 Å². The lowest BCUT2D eigenvalue weighted by Crippen LogP contribution is -2.39. The minimum absolute atomic E-state index is 0.0898. The van der Waals surface area contributed by atoms with E-state index in [1.807, 2.05) is 5.32 Å². The molecule has 2 unspecified atom stereocenters. The first-order valence-electron chi connectivity index (χ1n) is 8.23. The summed E-state index contributed by atoms with van der Waals surface area (Å²) in [4.78, 5) is 36.6. The third-order valence-corrected chi connectivity index (χ3v) is 4.63. The van der Waals surface area contributed by atoms with Crippen LogP contribution in [0, 0.1) is 5.41 Å². The van der Waals surface area contributed by atoms with Crippen molar-refractivity contribution < 1.29 is 36.7 Å². The number of urea groups is 1. The Bertz CT molecular complexity index is 989. The molecule has 3 heterocycles. The van der Waals surface area contributed by atoms with Crippen LogP contribution in [0.2, 0.25) is 0 Å². The number of amidine groups is 1. The second-order valence-electron chi connectivity index (χ2n) is 6.16. The molecule has 1 aromatic rings. The average molecular weight is 431 g/mol. The molecule has 0 spiro atoms. The standard InChI is InChI=1S/C13H17N7O8S/c1-2-15-11(21)19-4-6-8-5-18(13(24)20(8)28-29(25,26)27)7(10(6)17-19)3-9(14)16-12(22)23/h4,7-8H,2-3,5H2,1H3,(H2,14,16)(H,15,21)(H,22,23)(H,25,26,27). The van der Waals surface area contributed by atoms with E-state index < -0.39 is 46.5 Å². The molecule has 29 heavy (non-hydrogen) atoms. The molecule has 158 valence electrons. The van der Waals surface area contributed by atoms with E-state index in [0.29, 0.717) is 11.6 Å². The Kier molecular flexibility index (Phi) is 5.16. The van der Waals surface area contributed by atoms with Gasteiger partial charge in [-0.05, 0) is 6.92 Å². The van der Waals surface area contributed by atoms with Crippen molar-refractivity contribution in [1.29, 1.82) is 5.41 Å². The highest BCUT2D eigenvalue weighted by molar-refractivity contribution is 7.80. The number of carbonyl (C=O) groups excluding carboxylic acids is 2. The van der Waals surface area contributed by atoms with Gasteiger partial charge in [-0.1, -0.05) is 0 Å². The Morgan fingerprint density at radius 1 is 1.45 bits per heavy atom. The predicted molar refractivity (Wildman–Crippen MR) is 92.3 cm³/mol. The van der Waals surface area contributed by atoms with Gasteiger partial charge in [0.05, 0.1) is 18.3 Å². The topological polar surface area (TPSA) is 207 Å². The number of amides is 4. The van der Waals surface area contributed by atoms with Crippen LogP contribution < -0.4 is 10.6 Å². The minimum Gasteiger partial charge on any atom is -0.465 e. The van der Waals surface area contributed by atoms with E-state index in [1.165, 1.54) is 6.20 Å². The number of carbonyl (C=O) groups is 3. The molecule has 2 bridgehead atoms. The zero-order chi connectivity index (χ0) is 21.5. The molecule has 1 saturated heterocycles. The number of fused-ring (bicyclic) bond motifs is 4. The molecule has 0 aliphatic carbocycles. The molecule has 0 saturated carbocycles. The Balaban J connectivity index is 2.01. The molecule has 0 radical (unpaired) electrons. The number of hydrogen-bond donors (Lipinski definition) is 5. The van der Waals surface area contributed by atoms with Crippen LogP contribution in [0.5, 0.6) is 0 Å². The van der Waals surface area contributed by atoms with Gasteiger partial charge in [-0.3, -0.25) is 15.3 Å². The van der Waals surface area contributed by atoms with Crippen LogP contribution in [-0.4, -0.2) is 74.9 Å². The summed E-state index contributed by atoms with van der Waals surface area (Å²) in [5.41, 5.74) is 0.425. The van der Waals surface area contributed by atoms with E-state index in [4.69, 9.17) is 15.1 Å². The smallest absolute Gasteiger partial charge is 0.418 e. The number of aromatic nitrogens is 2. The lowest BCUT2D eigenvalue weighted by molar-refractivity contribution is -0.0317. The van der Waals surface area contributed by atoms with Gasteiger partial charge < -0.3 is 15.3 Å². The molecule has 1 fully saturated rings. The first-order valence-corrected chi connectivity index (χ1v) is 9.60. The molecule has 1 aromatic heterocycles. The van der Waals surface area contributed by atoms with Gasteiger partial charge in [0.25, 0.3) is 0 Å². The normalized spacial score (nSPS) is 20.4. The molecular weight excluding hydrogens is 414 g/mol. The van der Waals surface area contributed by atoms with Crippen LogP contribution in [0.4, 0.5) is 14.4 Å². The molecule has 4 amide bonds. The van der Waals surface area contributed by atoms with Crippen LogP contribution in [0.25, 0.3) is 0 Å². The maximum absolute atomic E-state index is 12.6. The summed E-state index contributed by atoms with van der Waals surface area (Å²) in [6.07, 6.45) is -0.493. The summed E-state index contributed by atoms with van der Waals surface area (Å²) >= 11 is 0. The van der Waals surface area contributed by atoms with Crippen LogP contribution in [0.1, 0.15) is 36.7 Å². The minimum atomic E-state index is -5.02. The zero-order valence-electron chi connectivity index (χ0n) is 14.9. The van der Waals surface area contributed by atoms with E-state index in [2.05, 4.69) is 14.7 Å². The van der Waals surface area contributed by atoms with Crippen molar-refractivity contribution in [3.8, 4) is 0 Å². The summed E-state index contributed by atoms with van der Waals surface area (Å²) in [5, 5.41) is 25.5. The fourth-order valence-corrected chi connectivity index (χ4v) is 3.62. The van der Waals surface area contributed by atoms with Crippen molar-refractivity contribution in [3.63, 3.8) is 0 Å². The summed E-state index contributed by atoms with van der Waals surface area (Å²) in [7, 11) is -5.02. The van der Waals surface area contributed by atoms with Gasteiger partial charge in [-0.15, -0.1) is 4.28 Å². The molecule has 16 heteroatoms. The van der Waals surface area contributed by atoms with Crippen LogP contribution in [0.15, 0.2) is 6.20 Å². The molecule has 15 nitrogen and oxygen atoms in total. The number of rotatable bonds is 5.